The average molecular weight is 1570 g/mol. The van der Waals surface area contributed by atoms with Gasteiger partial charge in [-0.15, -0.1) is 0 Å². The van der Waals surface area contributed by atoms with Crippen LogP contribution in [0.4, 0.5) is 34.1 Å². The van der Waals surface area contributed by atoms with Gasteiger partial charge in [-0.3, -0.25) is 0 Å². The van der Waals surface area contributed by atoms with Crippen LogP contribution in [0.3, 0.4) is 0 Å². The Hall–Kier alpha value is -15.1. The van der Waals surface area contributed by atoms with Crippen molar-refractivity contribution in [2.24, 2.45) is 0 Å². The van der Waals surface area contributed by atoms with Gasteiger partial charge < -0.3 is 18.9 Å². The van der Waals surface area contributed by atoms with Crippen LogP contribution in [0, 0.1) is 0 Å². The van der Waals surface area contributed by atoms with Crippen molar-refractivity contribution >= 4 is 158 Å². The van der Waals surface area contributed by atoms with Crippen molar-refractivity contribution in [3.05, 3.63) is 479 Å². The number of nitrogens with zero attached hydrogens (tertiary/aromatic N) is 4. The molecule has 0 spiro atoms. The maximum Gasteiger partial charge on any atom is 0.252 e. The molecule has 566 valence electrons. The fourth-order valence-corrected chi connectivity index (χ4v) is 30.4. The molecular weight excluding hydrogens is 1490 g/mol. The summed E-state index contributed by atoms with van der Waals surface area (Å²) in [6.45, 7) is -0.318. The molecule has 2 aliphatic heterocycles. The van der Waals surface area contributed by atoms with Crippen molar-refractivity contribution < 1.29 is 0 Å². The predicted octanol–water partition coefficient (Wildman–Crippen LogP) is 21.4. The van der Waals surface area contributed by atoms with E-state index in [1.165, 1.54) is 113 Å². The predicted molar refractivity (Wildman–Crippen MR) is 518 cm³/mol. The first-order valence-electron chi connectivity index (χ1n) is 42.0. The fraction of sp³-hybridized carbons (Fsp3) is 0. The van der Waals surface area contributed by atoms with Crippen molar-refractivity contribution in [1.29, 1.82) is 0 Å². The standard InChI is InChI=1S/C114H79BN4Si2/c1-9-38-80(39-10-1)96-62-35-64-100-98-60-27-31-68-106(98)116(113(96)100)84-72-74-108-102(78-84)115-103-79-85(117-107-69-32-28-61-99(107)101-65-36-63-97(114(101)117)81-40-11-2-12-41-81)73-75-109(103)119(105-67-30-26-59-95(105)83-43-34-57-93(77-83)121(89-50-19-6-20-51-89,90-52-21-7-22-53-90)91-54-23-8-24-55-91)111-71-37-70-110(112(111)115)118(108)104-66-29-25-58-94(104)82-42-33-56-92(76-82)120(86-44-13-3-14-45-86,87-46-15-4-16-47-87)88-48-17-5-18-49-88/h1-79H. The highest BCUT2D eigenvalue weighted by Gasteiger charge is 2.47. The molecule has 7 heteroatoms. The molecule has 2 aliphatic rings. The molecule has 0 fully saturated rings. The summed E-state index contributed by atoms with van der Waals surface area (Å²) in [4.78, 5) is 5.27. The number of anilines is 6. The Labute approximate surface area is 707 Å². The normalized spacial score (nSPS) is 12.4. The lowest BCUT2D eigenvalue weighted by Gasteiger charge is -2.45. The molecule has 0 aliphatic carbocycles. The number of benzene rings is 19. The second-order valence-electron chi connectivity index (χ2n) is 32.0. The lowest BCUT2D eigenvalue weighted by Crippen LogP contribution is -2.74. The lowest BCUT2D eigenvalue weighted by molar-refractivity contribution is 1.17. The van der Waals surface area contributed by atoms with Crippen LogP contribution in [0.25, 0.3) is 99.5 Å². The zero-order chi connectivity index (χ0) is 80.0. The third kappa shape index (κ3) is 11.3. The van der Waals surface area contributed by atoms with E-state index in [0.29, 0.717) is 0 Å². The number of hydrogen-bond donors (Lipinski definition) is 0. The van der Waals surface area contributed by atoms with E-state index >= 15 is 0 Å². The molecule has 4 heterocycles. The van der Waals surface area contributed by atoms with Crippen LogP contribution in [0.5, 0.6) is 0 Å². The zero-order valence-electron chi connectivity index (χ0n) is 66.5. The van der Waals surface area contributed by atoms with Gasteiger partial charge in [-0.2, -0.15) is 0 Å². The molecule has 23 rings (SSSR count). The van der Waals surface area contributed by atoms with E-state index in [-0.39, 0.29) is 6.71 Å². The quantitative estimate of drug-likeness (QED) is 0.0708. The monoisotopic (exact) mass is 1570 g/mol. The summed E-state index contributed by atoms with van der Waals surface area (Å²) in [5.41, 5.74) is 26.3. The molecule has 0 N–H and O–H groups in total. The minimum atomic E-state index is -3.01. The fourth-order valence-electron chi connectivity index (χ4n) is 20.8. The van der Waals surface area contributed by atoms with Crippen molar-refractivity contribution in [2.75, 3.05) is 9.80 Å². The van der Waals surface area contributed by atoms with Gasteiger partial charge in [0.1, 0.15) is 0 Å². The van der Waals surface area contributed by atoms with Gasteiger partial charge in [0.2, 0.25) is 0 Å². The van der Waals surface area contributed by atoms with Crippen molar-refractivity contribution in [3.8, 4) is 55.9 Å². The van der Waals surface area contributed by atoms with Gasteiger partial charge in [0.25, 0.3) is 6.71 Å². The van der Waals surface area contributed by atoms with Gasteiger partial charge in [-0.1, -0.05) is 406 Å². The molecule has 2 aromatic heterocycles. The van der Waals surface area contributed by atoms with Gasteiger partial charge in [0.15, 0.2) is 16.1 Å². The van der Waals surface area contributed by atoms with Crippen molar-refractivity contribution in [1.82, 2.24) is 9.13 Å². The topological polar surface area (TPSA) is 16.3 Å². The maximum atomic E-state index is 2.64. The second-order valence-corrected chi connectivity index (χ2v) is 39.7. The largest absolute Gasteiger partial charge is 0.311 e. The summed E-state index contributed by atoms with van der Waals surface area (Å²) in [5, 5.41) is 15.4. The first kappa shape index (κ1) is 71.2. The summed E-state index contributed by atoms with van der Waals surface area (Å²) in [6, 6.07) is 181. The highest BCUT2D eigenvalue weighted by molar-refractivity contribution is 7.20. The number of hydrogen-bond acceptors (Lipinski definition) is 2. The second kappa shape index (κ2) is 29.5. The Kier molecular flexibility index (Phi) is 17.4. The Morgan fingerprint density at radius 2 is 0.455 bits per heavy atom. The van der Waals surface area contributed by atoms with Gasteiger partial charge in [-0.25, -0.2) is 0 Å². The SMILES string of the molecule is c1ccc(-c2cccc3c4ccccc4n(-c4ccc5c(c4)B4c6cc(-n7c8ccccc8c8cccc(-c9ccccc9)c87)ccc6N(c6ccccc6-c6cccc([Si](c7ccccc7)(c7ccccc7)c7ccccc7)c6)c6cccc(c64)N5c4ccccc4-c4cccc([Si](c5ccccc5)(c5ccccc5)c5ccccc5)c4)c23)cc1. The van der Waals surface area contributed by atoms with E-state index in [1.807, 2.05) is 0 Å². The molecule has 0 amide bonds. The molecule has 21 aromatic rings. The van der Waals surface area contributed by atoms with Gasteiger partial charge >= 0.3 is 0 Å². The molecule has 0 unspecified atom stereocenters. The lowest BCUT2D eigenvalue weighted by atomic mass is 9.33. The smallest absolute Gasteiger partial charge is 0.252 e. The zero-order valence-corrected chi connectivity index (χ0v) is 68.5. The number of para-hydroxylation sites is 6. The molecule has 0 saturated carbocycles. The summed E-state index contributed by atoms with van der Waals surface area (Å²) in [5.74, 6) is 0. The Bertz CT molecular complexity index is 6890. The summed E-state index contributed by atoms with van der Waals surface area (Å²) in [6.07, 6.45) is 0. The first-order valence-corrected chi connectivity index (χ1v) is 46.0. The number of fused-ring (bicyclic) bond motifs is 10. The van der Waals surface area contributed by atoms with Crippen molar-refractivity contribution in [3.63, 3.8) is 0 Å². The average Bonchev–Trinajstić information content (AvgIpc) is 1.43. The Morgan fingerprint density at radius 3 is 0.826 bits per heavy atom. The van der Waals surface area contributed by atoms with Crippen molar-refractivity contribution in [2.45, 2.75) is 0 Å². The van der Waals surface area contributed by atoms with Gasteiger partial charge in [-0.05, 0) is 153 Å². The molecule has 0 saturated heterocycles. The third-order valence-electron chi connectivity index (χ3n) is 25.8. The summed E-state index contributed by atoms with van der Waals surface area (Å²) in [7, 11) is -6.02. The van der Waals surface area contributed by atoms with Crippen LogP contribution in [-0.2, 0) is 0 Å². The van der Waals surface area contributed by atoms with E-state index in [9.17, 15) is 0 Å². The molecule has 0 atom stereocenters. The Morgan fingerprint density at radius 1 is 0.182 bits per heavy atom. The summed E-state index contributed by atoms with van der Waals surface area (Å²) >= 11 is 0. The van der Waals surface area contributed by atoms with Crippen LogP contribution in [0.1, 0.15) is 0 Å². The van der Waals surface area contributed by atoms with Gasteiger partial charge in [0.05, 0.1) is 33.4 Å². The summed E-state index contributed by atoms with van der Waals surface area (Å²) < 4.78 is 5.12. The molecule has 0 radical (unpaired) electrons. The van der Waals surface area contributed by atoms with E-state index in [2.05, 4.69) is 498 Å². The third-order valence-corrected chi connectivity index (χ3v) is 35.3. The molecule has 4 nitrogen and oxygen atoms in total. The van der Waals surface area contributed by atoms with Crippen LogP contribution in [0.15, 0.2) is 479 Å². The minimum absolute atomic E-state index is 0.318. The molecule has 19 aromatic carbocycles. The van der Waals surface area contributed by atoms with Crippen LogP contribution in [-0.4, -0.2) is 32.0 Å². The molecular formula is C114H79BN4Si2. The van der Waals surface area contributed by atoms with E-state index in [0.717, 1.165) is 78.8 Å². The van der Waals surface area contributed by atoms with Crippen LogP contribution >= 0.6 is 0 Å². The minimum Gasteiger partial charge on any atom is -0.311 e. The maximum absolute atomic E-state index is 3.01. The molecule has 0 bridgehead atoms. The first-order chi connectivity index (χ1) is 60.1. The molecule has 121 heavy (non-hydrogen) atoms. The number of rotatable bonds is 16. The highest BCUT2D eigenvalue weighted by Crippen LogP contribution is 2.50. The van der Waals surface area contributed by atoms with E-state index < -0.39 is 16.1 Å². The number of aromatic nitrogens is 2. The van der Waals surface area contributed by atoms with Gasteiger partial charge in [0, 0.05) is 77.9 Å². The van der Waals surface area contributed by atoms with E-state index in [1.54, 1.807) is 0 Å². The van der Waals surface area contributed by atoms with Crippen LogP contribution < -0.4 is 67.7 Å². The van der Waals surface area contributed by atoms with E-state index in [4.69, 9.17) is 0 Å². The highest BCUT2D eigenvalue weighted by atomic mass is 28.3. The Balaban J connectivity index is 0.811. The van der Waals surface area contributed by atoms with Crippen LogP contribution in [0.2, 0.25) is 0 Å².